The topological polar surface area (TPSA) is 75.9 Å². The number of aromatic nitrogens is 4. The van der Waals surface area contributed by atoms with Crippen LogP contribution in [0.15, 0.2) is 36.7 Å². The van der Waals surface area contributed by atoms with E-state index in [4.69, 9.17) is 0 Å². The van der Waals surface area contributed by atoms with Gasteiger partial charge in [0.15, 0.2) is 5.69 Å². The lowest BCUT2D eigenvalue weighted by Crippen LogP contribution is -2.50. The summed E-state index contributed by atoms with van der Waals surface area (Å²) < 4.78 is 1.73. The van der Waals surface area contributed by atoms with Gasteiger partial charge < -0.3 is 10.2 Å². The fourth-order valence-electron chi connectivity index (χ4n) is 4.20. The Morgan fingerprint density at radius 3 is 2.79 bits per heavy atom. The normalized spacial score (nSPS) is 16.0. The van der Waals surface area contributed by atoms with Crippen LogP contribution in [-0.2, 0) is 0 Å². The maximum absolute atomic E-state index is 12.8. The molecule has 4 rings (SSSR count). The van der Waals surface area contributed by atoms with Crippen LogP contribution in [0.4, 0.5) is 0 Å². The van der Waals surface area contributed by atoms with Crippen LogP contribution in [0.5, 0.6) is 0 Å². The summed E-state index contributed by atoms with van der Waals surface area (Å²) in [4.78, 5) is 19.3. The molecule has 1 N–H and O–H groups in total. The lowest BCUT2D eigenvalue weighted by molar-refractivity contribution is 0.0894. The van der Waals surface area contributed by atoms with E-state index in [0.717, 1.165) is 35.0 Å². The molecule has 146 valence electrons. The third-order valence-electron chi connectivity index (χ3n) is 6.06. The van der Waals surface area contributed by atoms with Gasteiger partial charge in [-0.15, -0.1) is 5.10 Å². The molecule has 1 aliphatic carbocycles. The number of amides is 1. The van der Waals surface area contributed by atoms with Crippen molar-refractivity contribution in [2.45, 2.75) is 38.1 Å². The fraction of sp³-hybridized carbons (Fsp3) is 0.429. The monoisotopic (exact) mass is 378 g/mol. The van der Waals surface area contributed by atoms with E-state index in [9.17, 15) is 4.79 Å². The predicted molar refractivity (Wildman–Crippen MR) is 109 cm³/mol. The maximum atomic E-state index is 12.8. The molecule has 2 aromatic heterocycles. The molecular formula is C21H26N6O. The quantitative estimate of drug-likeness (QED) is 0.739. The molecule has 1 amide bonds. The molecular weight excluding hydrogens is 352 g/mol. The van der Waals surface area contributed by atoms with E-state index < -0.39 is 0 Å². The number of hydrogen-bond donors (Lipinski definition) is 1. The van der Waals surface area contributed by atoms with Gasteiger partial charge >= 0.3 is 0 Å². The van der Waals surface area contributed by atoms with Crippen LogP contribution in [0.1, 0.15) is 41.9 Å². The minimum atomic E-state index is -0.168. The molecule has 3 aromatic rings. The van der Waals surface area contributed by atoms with Gasteiger partial charge in [0, 0.05) is 35.2 Å². The van der Waals surface area contributed by atoms with Crippen LogP contribution in [0.2, 0.25) is 0 Å². The predicted octanol–water partition coefficient (Wildman–Crippen LogP) is 2.73. The van der Waals surface area contributed by atoms with Crippen molar-refractivity contribution in [3.63, 3.8) is 0 Å². The maximum Gasteiger partial charge on any atom is 0.273 e. The molecule has 0 aliphatic heterocycles. The summed E-state index contributed by atoms with van der Waals surface area (Å²) in [5.74, 6) is -0.168. The van der Waals surface area contributed by atoms with E-state index >= 15 is 0 Å². The van der Waals surface area contributed by atoms with Crippen molar-refractivity contribution >= 4 is 16.7 Å². The van der Waals surface area contributed by atoms with Crippen LogP contribution < -0.4 is 5.32 Å². The highest BCUT2D eigenvalue weighted by atomic mass is 16.2. The Hall–Kier alpha value is -2.80. The molecule has 1 fully saturated rings. The number of fused-ring (bicyclic) bond motifs is 1. The Labute approximate surface area is 164 Å². The number of carbonyl (C=O) groups excluding carboxylic acids is 1. The Bertz CT molecular complexity index is 998. The van der Waals surface area contributed by atoms with Crippen LogP contribution in [-0.4, -0.2) is 57.0 Å². The van der Waals surface area contributed by atoms with Gasteiger partial charge in [0.1, 0.15) is 0 Å². The van der Waals surface area contributed by atoms with E-state index in [1.165, 1.54) is 12.8 Å². The van der Waals surface area contributed by atoms with Crippen molar-refractivity contribution in [1.29, 1.82) is 0 Å². The highest BCUT2D eigenvalue weighted by Crippen LogP contribution is 2.33. The number of hydrogen-bond acceptors (Lipinski definition) is 5. The van der Waals surface area contributed by atoms with Crippen molar-refractivity contribution < 1.29 is 4.79 Å². The molecule has 0 saturated heterocycles. The zero-order chi connectivity index (χ0) is 19.7. The second-order valence-corrected chi connectivity index (χ2v) is 7.82. The largest absolute Gasteiger partial charge is 0.349 e. The number of carbonyl (C=O) groups is 1. The summed E-state index contributed by atoms with van der Waals surface area (Å²) in [7, 11) is 4.18. The molecule has 2 heterocycles. The molecule has 7 nitrogen and oxygen atoms in total. The first kappa shape index (κ1) is 18.6. The molecule has 0 spiro atoms. The molecule has 7 heteroatoms. The van der Waals surface area contributed by atoms with Crippen LogP contribution >= 0.6 is 0 Å². The van der Waals surface area contributed by atoms with Gasteiger partial charge in [0.25, 0.3) is 5.91 Å². The van der Waals surface area contributed by atoms with Crippen LogP contribution in [0.3, 0.4) is 0 Å². The van der Waals surface area contributed by atoms with Gasteiger partial charge in [-0.25, -0.2) is 4.68 Å². The first-order chi connectivity index (χ1) is 13.5. The zero-order valence-corrected chi connectivity index (χ0v) is 16.6. The molecule has 0 atom stereocenters. The number of likely N-dealkylation sites (N-methyl/N-ethyl adjacent to an activating group) is 1. The molecule has 1 aromatic carbocycles. The lowest BCUT2D eigenvalue weighted by atomic mass is 9.96. The Kier molecular flexibility index (Phi) is 4.85. The first-order valence-electron chi connectivity index (χ1n) is 9.73. The van der Waals surface area contributed by atoms with Gasteiger partial charge in [-0.1, -0.05) is 30.2 Å². The third-order valence-corrected chi connectivity index (χ3v) is 6.06. The summed E-state index contributed by atoms with van der Waals surface area (Å²) in [6.07, 6.45) is 8.21. The highest BCUT2D eigenvalue weighted by Gasteiger charge is 2.36. The van der Waals surface area contributed by atoms with Gasteiger partial charge in [0.2, 0.25) is 0 Å². The van der Waals surface area contributed by atoms with E-state index in [0.29, 0.717) is 12.2 Å². The van der Waals surface area contributed by atoms with Gasteiger partial charge in [-0.3, -0.25) is 9.78 Å². The summed E-state index contributed by atoms with van der Waals surface area (Å²) in [5, 5.41) is 13.6. The van der Waals surface area contributed by atoms with Crippen molar-refractivity contribution in [2.24, 2.45) is 0 Å². The van der Waals surface area contributed by atoms with E-state index in [-0.39, 0.29) is 11.4 Å². The van der Waals surface area contributed by atoms with Crippen molar-refractivity contribution in [3.8, 4) is 5.69 Å². The molecule has 0 radical (unpaired) electrons. The second-order valence-electron chi connectivity index (χ2n) is 7.82. The van der Waals surface area contributed by atoms with E-state index in [2.05, 4.69) is 39.6 Å². The summed E-state index contributed by atoms with van der Waals surface area (Å²) in [6, 6.07) is 7.90. The Morgan fingerprint density at radius 2 is 2.04 bits per heavy atom. The number of nitrogens with zero attached hydrogens (tertiary/aromatic N) is 5. The average molecular weight is 378 g/mol. The Morgan fingerprint density at radius 1 is 1.25 bits per heavy atom. The number of rotatable bonds is 5. The minimum absolute atomic E-state index is 0.0438. The van der Waals surface area contributed by atoms with E-state index in [1.807, 2.05) is 37.4 Å². The summed E-state index contributed by atoms with van der Waals surface area (Å²) in [6.45, 7) is 2.51. The van der Waals surface area contributed by atoms with E-state index in [1.54, 1.807) is 10.9 Å². The standard InChI is InChI=1S/C21H26N6O/c1-15-19(20(28)23-14-21(26(2)3)10-4-5-11-21)24-25-27(15)18-8-6-7-16-13-22-12-9-17(16)18/h6-9,12-13H,4-5,10-11,14H2,1-3H3,(H,23,28). The number of nitrogens with one attached hydrogen (secondary N) is 1. The second kappa shape index (κ2) is 7.31. The molecule has 0 bridgehead atoms. The highest BCUT2D eigenvalue weighted by molar-refractivity contribution is 5.94. The van der Waals surface area contributed by atoms with Gasteiger partial charge in [-0.05, 0) is 46.0 Å². The van der Waals surface area contributed by atoms with Crippen molar-refractivity contribution in [1.82, 2.24) is 30.2 Å². The third kappa shape index (κ3) is 3.16. The Balaban J connectivity index is 1.59. The molecule has 28 heavy (non-hydrogen) atoms. The fourth-order valence-corrected chi connectivity index (χ4v) is 4.20. The summed E-state index contributed by atoms with van der Waals surface area (Å²) in [5.41, 5.74) is 2.04. The zero-order valence-electron chi connectivity index (χ0n) is 16.6. The molecule has 1 aliphatic rings. The van der Waals surface area contributed by atoms with Gasteiger partial charge in [0.05, 0.1) is 11.4 Å². The molecule has 1 saturated carbocycles. The van der Waals surface area contributed by atoms with Crippen LogP contribution in [0, 0.1) is 6.92 Å². The first-order valence-corrected chi connectivity index (χ1v) is 9.73. The number of pyridine rings is 1. The molecule has 0 unspecified atom stereocenters. The smallest absolute Gasteiger partial charge is 0.273 e. The van der Waals surface area contributed by atoms with Gasteiger partial charge in [-0.2, -0.15) is 0 Å². The SMILES string of the molecule is Cc1c(C(=O)NCC2(N(C)C)CCCC2)nnn1-c1cccc2cnccc12. The van der Waals surface area contributed by atoms with Crippen LogP contribution in [0.25, 0.3) is 16.5 Å². The average Bonchev–Trinajstić information content (AvgIpc) is 3.33. The van der Waals surface area contributed by atoms with Crippen molar-refractivity contribution in [2.75, 3.05) is 20.6 Å². The minimum Gasteiger partial charge on any atom is -0.349 e. The van der Waals surface area contributed by atoms with Crippen molar-refractivity contribution in [3.05, 3.63) is 48.0 Å². The summed E-state index contributed by atoms with van der Waals surface area (Å²) >= 11 is 0. The number of benzene rings is 1. The lowest BCUT2D eigenvalue weighted by Gasteiger charge is -2.36.